The van der Waals surface area contributed by atoms with Gasteiger partial charge in [0, 0.05) is 12.3 Å². The summed E-state index contributed by atoms with van der Waals surface area (Å²) in [5.74, 6) is -0.852. The number of hydrazone groups is 1. The Balaban J connectivity index is 1.84. The van der Waals surface area contributed by atoms with Gasteiger partial charge in [-0.3, -0.25) is 4.79 Å². The molecule has 1 unspecified atom stereocenters. The Kier molecular flexibility index (Phi) is 5.03. The van der Waals surface area contributed by atoms with Crippen LogP contribution >= 0.6 is 0 Å². The maximum Gasteiger partial charge on any atom is 0.286 e. The molecule has 5 nitrogen and oxygen atoms in total. The van der Waals surface area contributed by atoms with Crippen LogP contribution in [0.5, 0.6) is 0 Å². The molecule has 1 aliphatic rings. The average molecular weight is 404 g/mol. The van der Waals surface area contributed by atoms with Crippen molar-refractivity contribution in [3.63, 3.8) is 0 Å². The molecule has 3 aromatic rings. The zero-order valence-electron chi connectivity index (χ0n) is 15.9. The molecule has 0 fully saturated rings. The first-order valence-corrected chi connectivity index (χ1v) is 10.7. The fourth-order valence-corrected chi connectivity index (χ4v) is 4.62. The molecule has 1 heterocycles. The molecule has 1 atom stereocenters. The summed E-state index contributed by atoms with van der Waals surface area (Å²) in [5.41, 5.74) is 3.22. The van der Waals surface area contributed by atoms with Gasteiger partial charge in [-0.15, -0.1) is 4.41 Å². The zero-order valence-corrected chi connectivity index (χ0v) is 16.7. The van der Waals surface area contributed by atoms with Crippen molar-refractivity contribution in [2.45, 2.75) is 24.2 Å². The van der Waals surface area contributed by atoms with Crippen LogP contribution in [0.3, 0.4) is 0 Å². The second kappa shape index (κ2) is 7.64. The number of benzene rings is 3. The highest BCUT2D eigenvalue weighted by molar-refractivity contribution is 7.89. The van der Waals surface area contributed by atoms with Gasteiger partial charge in [-0.25, -0.2) is 0 Å². The highest BCUT2D eigenvalue weighted by atomic mass is 32.2. The number of aryl methyl sites for hydroxylation is 1. The van der Waals surface area contributed by atoms with Crippen molar-refractivity contribution in [1.29, 1.82) is 0 Å². The van der Waals surface area contributed by atoms with Gasteiger partial charge in [-0.2, -0.15) is 13.5 Å². The van der Waals surface area contributed by atoms with Crippen molar-refractivity contribution in [3.8, 4) is 0 Å². The molecule has 4 rings (SSSR count). The van der Waals surface area contributed by atoms with Gasteiger partial charge in [-0.1, -0.05) is 78.4 Å². The first-order chi connectivity index (χ1) is 14.0. The van der Waals surface area contributed by atoms with E-state index in [1.807, 2.05) is 67.6 Å². The van der Waals surface area contributed by atoms with Crippen molar-refractivity contribution in [2.24, 2.45) is 5.10 Å². The fourth-order valence-electron chi connectivity index (χ4n) is 3.40. The molecule has 0 aliphatic carbocycles. The molecule has 29 heavy (non-hydrogen) atoms. The van der Waals surface area contributed by atoms with E-state index >= 15 is 0 Å². The Morgan fingerprint density at radius 1 is 0.862 bits per heavy atom. The standard InChI is InChI=1S/C23H20N2O3S/c1-17-12-14-20(15-13-17)29(27,28)25-22(26)16-21(18-8-4-2-5-9-18)23(24-25)19-10-6-3-7-11-19/h2-15,21H,16H2,1H3. The SMILES string of the molecule is Cc1ccc(S(=O)(=O)N2N=C(c3ccccc3)C(c3ccccc3)CC2=O)cc1. The van der Waals surface area contributed by atoms with Crippen LogP contribution in [0.4, 0.5) is 0 Å². The Labute approximate surface area is 170 Å². The van der Waals surface area contributed by atoms with Crippen LogP contribution in [0.1, 0.15) is 29.0 Å². The molecule has 1 aliphatic heterocycles. The first kappa shape index (κ1) is 19.1. The van der Waals surface area contributed by atoms with Gasteiger partial charge in [0.2, 0.25) is 0 Å². The van der Waals surface area contributed by atoms with Crippen LogP contribution in [0, 0.1) is 6.92 Å². The van der Waals surface area contributed by atoms with Gasteiger partial charge in [0.25, 0.3) is 15.9 Å². The molecule has 1 amide bonds. The number of hydrogen-bond donors (Lipinski definition) is 0. The van der Waals surface area contributed by atoms with Crippen molar-refractivity contribution in [2.75, 3.05) is 0 Å². The molecule has 0 bridgehead atoms. The summed E-state index contributed by atoms with van der Waals surface area (Å²) in [7, 11) is -4.08. The third kappa shape index (κ3) is 3.71. The maximum atomic E-state index is 13.1. The summed E-state index contributed by atoms with van der Waals surface area (Å²) in [6.07, 6.45) is 0.0306. The summed E-state index contributed by atoms with van der Waals surface area (Å²) < 4.78 is 26.9. The van der Waals surface area contributed by atoms with E-state index in [9.17, 15) is 13.2 Å². The molecule has 0 radical (unpaired) electrons. The lowest BCUT2D eigenvalue weighted by Crippen LogP contribution is -2.40. The predicted molar refractivity (Wildman–Crippen MR) is 112 cm³/mol. The van der Waals surface area contributed by atoms with E-state index in [0.29, 0.717) is 10.1 Å². The Morgan fingerprint density at radius 3 is 2.07 bits per heavy atom. The van der Waals surface area contributed by atoms with Gasteiger partial charge >= 0.3 is 0 Å². The smallest absolute Gasteiger partial charge is 0.272 e. The molecular formula is C23H20N2O3S. The Bertz CT molecular complexity index is 1160. The molecule has 0 spiro atoms. The van der Waals surface area contributed by atoms with Gasteiger partial charge in [0.15, 0.2) is 0 Å². The van der Waals surface area contributed by atoms with E-state index in [1.165, 1.54) is 12.1 Å². The quantitative estimate of drug-likeness (QED) is 0.657. The topological polar surface area (TPSA) is 66.8 Å². The van der Waals surface area contributed by atoms with E-state index in [2.05, 4.69) is 5.10 Å². The fraction of sp³-hybridized carbons (Fsp3) is 0.130. The number of carbonyl (C=O) groups excluding carboxylic acids is 1. The number of rotatable bonds is 4. The third-order valence-electron chi connectivity index (χ3n) is 4.94. The largest absolute Gasteiger partial charge is 0.286 e. The van der Waals surface area contributed by atoms with E-state index in [1.54, 1.807) is 12.1 Å². The van der Waals surface area contributed by atoms with Crippen LogP contribution < -0.4 is 0 Å². The molecule has 0 N–H and O–H groups in total. The van der Waals surface area contributed by atoms with Crippen LogP contribution in [0.25, 0.3) is 0 Å². The number of hydrogen-bond acceptors (Lipinski definition) is 4. The maximum absolute atomic E-state index is 13.1. The van der Waals surface area contributed by atoms with Gasteiger partial charge < -0.3 is 0 Å². The lowest BCUT2D eigenvalue weighted by atomic mass is 9.86. The van der Waals surface area contributed by atoms with Crippen LogP contribution in [0.2, 0.25) is 0 Å². The van der Waals surface area contributed by atoms with Crippen molar-refractivity contribution >= 4 is 21.6 Å². The van der Waals surface area contributed by atoms with Gasteiger partial charge in [0.1, 0.15) is 0 Å². The zero-order chi connectivity index (χ0) is 20.4. The minimum Gasteiger partial charge on any atom is -0.272 e. The molecule has 0 aromatic heterocycles. The minimum absolute atomic E-state index is 0.0306. The summed E-state index contributed by atoms with van der Waals surface area (Å²) in [5, 5.41) is 4.37. The van der Waals surface area contributed by atoms with Crippen molar-refractivity contribution in [1.82, 2.24) is 4.41 Å². The normalized spacial score (nSPS) is 17.1. The summed E-state index contributed by atoms with van der Waals surface area (Å²) in [6, 6.07) is 25.4. The van der Waals surface area contributed by atoms with Crippen molar-refractivity contribution < 1.29 is 13.2 Å². The second-order valence-corrected chi connectivity index (χ2v) is 8.74. The highest BCUT2D eigenvalue weighted by Gasteiger charge is 2.38. The van der Waals surface area contributed by atoms with Crippen LogP contribution in [0.15, 0.2) is 94.9 Å². The monoisotopic (exact) mass is 404 g/mol. The summed E-state index contributed by atoms with van der Waals surface area (Å²) in [4.78, 5) is 12.9. The number of sulfonamides is 1. The average Bonchev–Trinajstić information content (AvgIpc) is 2.75. The molecule has 6 heteroatoms. The first-order valence-electron chi connectivity index (χ1n) is 9.30. The number of nitrogens with zero attached hydrogens (tertiary/aromatic N) is 2. The van der Waals surface area contributed by atoms with Gasteiger partial charge in [0.05, 0.1) is 10.6 Å². The van der Waals surface area contributed by atoms with E-state index in [0.717, 1.165) is 16.7 Å². The summed E-state index contributed by atoms with van der Waals surface area (Å²) >= 11 is 0. The Morgan fingerprint density at radius 2 is 1.45 bits per heavy atom. The second-order valence-electron chi connectivity index (χ2n) is 6.97. The molecular weight excluding hydrogens is 384 g/mol. The van der Waals surface area contributed by atoms with E-state index in [-0.39, 0.29) is 17.2 Å². The van der Waals surface area contributed by atoms with E-state index in [4.69, 9.17) is 0 Å². The highest BCUT2D eigenvalue weighted by Crippen LogP contribution is 2.32. The van der Waals surface area contributed by atoms with Crippen LogP contribution in [-0.4, -0.2) is 24.5 Å². The lowest BCUT2D eigenvalue weighted by molar-refractivity contribution is -0.127. The molecule has 0 saturated heterocycles. The molecule has 0 saturated carbocycles. The predicted octanol–water partition coefficient (Wildman–Crippen LogP) is 4.10. The van der Waals surface area contributed by atoms with Crippen molar-refractivity contribution in [3.05, 3.63) is 102 Å². The lowest BCUT2D eigenvalue weighted by Gasteiger charge is -2.29. The molecule has 146 valence electrons. The Hall–Kier alpha value is -3.25. The third-order valence-corrected chi connectivity index (χ3v) is 6.55. The molecule has 3 aromatic carbocycles. The van der Waals surface area contributed by atoms with Gasteiger partial charge in [-0.05, 0) is 30.2 Å². The van der Waals surface area contributed by atoms with Crippen LogP contribution in [-0.2, 0) is 14.8 Å². The number of amides is 1. The van der Waals surface area contributed by atoms with E-state index < -0.39 is 15.9 Å². The summed E-state index contributed by atoms with van der Waals surface area (Å²) in [6.45, 7) is 1.87. The minimum atomic E-state index is -4.08. The number of carbonyl (C=O) groups is 1.